The summed E-state index contributed by atoms with van der Waals surface area (Å²) in [5.74, 6) is 0.829. The summed E-state index contributed by atoms with van der Waals surface area (Å²) in [6.07, 6.45) is 1.55. The van der Waals surface area contributed by atoms with Gasteiger partial charge in [0, 0.05) is 24.2 Å². The third-order valence-electron chi connectivity index (χ3n) is 6.47. The molecule has 1 saturated carbocycles. The van der Waals surface area contributed by atoms with E-state index in [4.69, 9.17) is 4.74 Å². The van der Waals surface area contributed by atoms with Crippen LogP contribution in [0.25, 0.3) is 5.70 Å². The Hall–Kier alpha value is -3.54. The quantitative estimate of drug-likeness (QED) is 0.471. The van der Waals surface area contributed by atoms with Crippen LogP contribution in [0.2, 0.25) is 0 Å². The van der Waals surface area contributed by atoms with E-state index in [-0.39, 0.29) is 11.3 Å². The first-order chi connectivity index (χ1) is 16.2. The van der Waals surface area contributed by atoms with Gasteiger partial charge in [0.15, 0.2) is 0 Å². The van der Waals surface area contributed by atoms with E-state index < -0.39 is 5.54 Å². The molecule has 178 valence electrons. The monoisotopic (exact) mass is 458 g/mol. The maximum atomic E-state index is 13.5. The Balaban J connectivity index is 1.60. The number of aromatic amines is 1. The van der Waals surface area contributed by atoms with Crippen molar-refractivity contribution in [2.24, 2.45) is 0 Å². The highest BCUT2D eigenvalue weighted by Crippen LogP contribution is 2.46. The lowest BCUT2D eigenvalue weighted by Gasteiger charge is -2.34. The van der Waals surface area contributed by atoms with Crippen LogP contribution >= 0.6 is 0 Å². The van der Waals surface area contributed by atoms with Crippen molar-refractivity contribution in [3.63, 3.8) is 0 Å². The van der Waals surface area contributed by atoms with Crippen molar-refractivity contribution >= 4 is 11.6 Å². The summed E-state index contributed by atoms with van der Waals surface area (Å²) in [7, 11) is 1.66. The fourth-order valence-corrected chi connectivity index (χ4v) is 4.09. The number of hydrogen-bond donors (Lipinski definition) is 2. The number of aromatic nitrogens is 2. The predicted molar refractivity (Wildman–Crippen MR) is 135 cm³/mol. The van der Waals surface area contributed by atoms with Crippen LogP contribution in [0.4, 0.5) is 0 Å². The smallest absolute Gasteiger partial charge is 0.246 e. The van der Waals surface area contributed by atoms with E-state index >= 15 is 0 Å². The van der Waals surface area contributed by atoms with Crippen LogP contribution in [0.3, 0.4) is 0 Å². The molecular formula is C28H34N4O2. The third-order valence-corrected chi connectivity index (χ3v) is 6.47. The van der Waals surface area contributed by atoms with Crippen molar-refractivity contribution in [3.05, 3.63) is 89.8 Å². The van der Waals surface area contributed by atoms with Gasteiger partial charge < -0.3 is 15.0 Å². The van der Waals surface area contributed by atoms with Gasteiger partial charge in [0.2, 0.25) is 5.91 Å². The van der Waals surface area contributed by atoms with E-state index in [1.165, 1.54) is 0 Å². The van der Waals surface area contributed by atoms with Crippen molar-refractivity contribution in [2.45, 2.75) is 57.7 Å². The highest BCUT2D eigenvalue weighted by Gasteiger charge is 2.55. The number of H-pyrrole nitrogens is 1. The Morgan fingerprint density at radius 3 is 2.35 bits per heavy atom. The van der Waals surface area contributed by atoms with E-state index in [0.29, 0.717) is 13.1 Å². The average molecular weight is 459 g/mol. The van der Waals surface area contributed by atoms with Crippen LogP contribution in [0.1, 0.15) is 56.1 Å². The van der Waals surface area contributed by atoms with E-state index in [0.717, 1.165) is 46.8 Å². The predicted octanol–water partition coefficient (Wildman–Crippen LogP) is 5.04. The molecule has 6 nitrogen and oxygen atoms in total. The molecule has 0 spiro atoms. The van der Waals surface area contributed by atoms with Crippen molar-refractivity contribution in [1.82, 2.24) is 20.4 Å². The zero-order valence-electron chi connectivity index (χ0n) is 20.5. The molecular weight excluding hydrogens is 424 g/mol. The van der Waals surface area contributed by atoms with Crippen molar-refractivity contribution in [3.8, 4) is 5.75 Å². The van der Waals surface area contributed by atoms with Gasteiger partial charge in [0.25, 0.3) is 0 Å². The van der Waals surface area contributed by atoms with Gasteiger partial charge >= 0.3 is 0 Å². The van der Waals surface area contributed by atoms with E-state index in [2.05, 4.69) is 47.8 Å². The fourth-order valence-electron chi connectivity index (χ4n) is 4.09. The summed E-state index contributed by atoms with van der Waals surface area (Å²) in [4.78, 5) is 15.6. The summed E-state index contributed by atoms with van der Waals surface area (Å²) in [6, 6.07) is 20.0. The average Bonchev–Trinajstić information content (AvgIpc) is 3.48. The standard InChI is InChI=1S/C28H34N4O2/c1-20(24-17-25(31-30-24)27(2,3)4)32(19-22-11-13-23(34-5)14-12-22)28(15-16-28)26(33)29-18-21-9-7-6-8-10-21/h6-14,17H,1,15-16,18-19H2,2-5H3,(H,29,33)(H,30,31). The van der Waals surface area contributed by atoms with Crippen LogP contribution in [-0.2, 0) is 23.3 Å². The maximum absolute atomic E-state index is 13.5. The van der Waals surface area contributed by atoms with Gasteiger partial charge in [-0.3, -0.25) is 9.89 Å². The third kappa shape index (κ3) is 5.01. The van der Waals surface area contributed by atoms with Crippen LogP contribution < -0.4 is 10.1 Å². The Kier molecular flexibility index (Phi) is 6.51. The summed E-state index contributed by atoms with van der Waals surface area (Å²) in [6.45, 7) is 11.9. The lowest BCUT2D eigenvalue weighted by molar-refractivity contribution is -0.127. The Morgan fingerprint density at radius 1 is 1.12 bits per heavy atom. The Bertz CT molecular complexity index is 1140. The highest BCUT2D eigenvalue weighted by molar-refractivity contribution is 5.91. The molecule has 3 aromatic rings. The van der Waals surface area contributed by atoms with Crippen LogP contribution in [0.15, 0.2) is 67.2 Å². The molecule has 0 bridgehead atoms. The molecule has 0 unspecified atom stereocenters. The highest BCUT2D eigenvalue weighted by atomic mass is 16.5. The van der Waals surface area contributed by atoms with Gasteiger partial charge in [0.05, 0.1) is 12.8 Å². The van der Waals surface area contributed by atoms with Gasteiger partial charge in [0.1, 0.15) is 17.0 Å². The number of hydrogen-bond acceptors (Lipinski definition) is 4. The SMILES string of the molecule is C=C(c1cc(C(C)(C)C)[nH]n1)N(Cc1ccc(OC)cc1)C1(C(=O)NCc2ccccc2)CC1. The van der Waals surface area contributed by atoms with E-state index in [1.807, 2.05) is 60.7 Å². The lowest BCUT2D eigenvalue weighted by atomic mass is 9.92. The van der Waals surface area contributed by atoms with Gasteiger partial charge in [-0.25, -0.2) is 0 Å². The minimum atomic E-state index is -0.632. The minimum Gasteiger partial charge on any atom is -0.497 e. The molecule has 4 rings (SSSR count). The minimum absolute atomic E-state index is 0.0256. The van der Waals surface area contributed by atoms with Crippen LogP contribution in [-0.4, -0.2) is 33.7 Å². The molecule has 1 amide bonds. The molecule has 1 fully saturated rings. The van der Waals surface area contributed by atoms with Crippen molar-refractivity contribution < 1.29 is 9.53 Å². The largest absolute Gasteiger partial charge is 0.497 e. The van der Waals surface area contributed by atoms with Crippen molar-refractivity contribution in [1.29, 1.82) is 0 Å². The molecule has 34 heavy (non-hydrogen) atoms. The number of nitrogens with one attached hydrogen (secondary N) is 2. The second-order valence-electron chi connectivity index (χ2n) is 10.00. The molecule has 1 heterocycles. The molecule has 2 N–H and O–H groups in total. The normalized spacial score (nSPS) is 14.4. The number of ether oxygens (including phenoxy) is 1. The molecule has 0 atom stereocenters. The topological polar surface area (TPSA) is 70.2 Å². The molecule has 0 saturated heterocycles. The zero-order chi connectivity index (χ0) is 24.3. The number of nitrogens with zero attached hydrogens (tertiary/aromatic N) is 2. The summed E-state index contributed by atoms with van der Waals surface area (Å²) >= 11 is 0. The summed E-state index contributed by atoms with van der Waals surface area (Å²) in [5.41, 5.74) is 4.01. The molecule has 1 aliphatic rings. The number of rotatable bonds is 9. The van der Waals surface area contributed by atoms with Gasteiger partial charge in [-0.05, 0) is 42.2 Å². The number of methoxy groups -OCH3 is 1. The number of carbonyl (C=O) groups is 1. The fraction of sp³-hybridized carbons (Fsp3) is 0.357. The van der Waals surface area contributed by atoms with Crippen LogP contribution in [0.5, 0.6) is 5.75 Å². The number of amides is 1. The van der Waals surface area contributed by atoms with Gasteiger partial charge in [-0.1, -0.05) is 69.8 Å². The first kappa shape index (κ1) is 23.6. The first-order valence-corrected chi connectivity index (χ1v) is 11.7. The maximum Gasteiger partial charge on any atom is 0.246 e. The molecule has 0 aliphatic heterocycles. The second-order valence-corrected chi connectivity index (χ2v) is 10.00. The Morgan fingerprint density at radius 2 is 1.79 bits per heavy atom. The molecule has 6 heteroatoms. The first-order valence-electron chi connectivity index (χ1n) is 11.7. The van der Waals surface area contributed by atoms with E-state index in [1.54, 1.807) is 7.11 Å². The molecule has 1 aliphatic carbocycles. The van der Waals surface area contributed by atoms with E-state index in [9.17, 15) is 4.79 Å². The molecule has 1 aromatic heterocycles. The number of benzene rings is 2. The Labute approximate surface area is 202 Å². The van der Waals surface area contributed by atoms with Gasteiger partial charge in [-0.15, -0.1) is 0 Å². The lowest BCUT2D eigenvalue weighted by Crippen LogP contribution is -2.47. The van der Waals surface area contributed by atoms with Crippen molar-refractivity contribution in [2.75, 3.05) is 7.11 Å². The van der Waals surface area contributed by atoms with Crippen LogP contribution in [0, 0.1) is 0 Å². The van der Waals surface area contributed by atoms with Gasteiger partial charge in [-0.2, -0.15) is 5.10 Å². The number of carbonyl (C=O) groups excluding carboxylic acids is 1. The molecule has 0 radical (unpaired) electrons. The summed E-state index contributed by atoms with van der Waals surface area (Å²) < 4.78 is 5.31. The molecule has 2 aromatic carbocycles. The summed E-state index contributed by atoms with van der Waals surface area (Å²) in [5, 5.41) is 10.9. The zero-order valence-corrected chi connectivity index (χ0v) is 20.5. The second kappa shape index (κ2) is 9.37.